The third-order valence-electron chi connectivity index (χ3n) is 5.59. The summed E-state index contributed by atoms with van der Waals surface area (Å²) in [5, 5.41) is 6.20. The molecular formula is C28H25F3N6O2S. The van der Waals surface area contributed by atoms with Gasteiger partial charge in [-0.15, -0.1) is 13.2 Å². The number of carbonyl (C=O) groups excluding carboxylic acids is 1. The van der Waals surface area contributed by atoms with Gasteiger partial charge in [-0.25, -0.2) is 15.0 Å². The van der Waals surface area contributed by atoms with Gasteiger partial charge in [-0.1, -0.05) is 53.7 Å². The van der Waals surface area contributed by atoms with E-state index in [1.807, 2.05) is 20.8 Å². The number of hydrazone groups is 1. The number of aryl methyl sites for hydroxylation is 3. The van der Waals surface area contributed by atoms with Gasteiger partial charge in [0.2, 0.25) is 0 Å². The first-order chi connectivity index (χ1) is 19.0. The number of rotatable bonds is 7. The average Bonchev–Trinajstić information content (AvgIpc) is 3.24. The topological polar surface area (TPSA) is 105 Å². The van der Waals surface area contributed by atoms with E-state index in [9.17, 15) is 18.0 Å². The number of amides is 1. The van der Waals surface area contributed by atoms with Crippen LogP contribution in [0, 0.1) is 20.8 Å². The second-order valence-electron chi connectivity index (χ2n) is 8.80. The molecule has 0 unspecified atom stereocenters. The summed E-state index contributed by atoms with van der Waals surface area (Å²) < 4.78 is 40.6. The van der Waals surface area contributed by atoms with Gasteiger partial charge in [-0.05, 0) is 61.7 Å². The Bertz CT molecular complexity index is 1490. The Morgan fingerprint density at radius 3 is 2.30 bits per heavy atom. The standard InChI is InChI=1S/C28H25F3N6O2S/c1-17-12-18(2)25(19(3)13-17)36-27-37(24(38)15-40-27)35-14-20-4-6-21(7-5-20)26(32)34-16-33-22-8-10-23(11-9-22)39-28(29,30)31/h4-14,16H,15H2,1-3H3,(H2,32,33,34)/b35-14+,36-27?. The van der Waals surface area contributed by atoms with Crippen LogP contribution in [0.5, 0.6) is 5.75 Å². The van der Waals surface area contributed by atoms with E-state index < -0.39 is 6.36 Å². The molecule has 206 valence electrons. The number of hydrogen-bond donors (Lipinski definition) is 1. The van der Waals surface area contributed by atoms with E-state index in [1.165, 1.54) is 35.2 Å². The predicted octanol–water partition coefficient (Wildman–Crippen LogP) is 6.17. The van der Waals surface area contributed by atoms with Gasteiger partial charge < -0.3 is 10.5 Å². The quantitative estimate of drug-likeness (QED) is 0.273. The molecule has 0 bridgehead atoms. The van der Waals surface area contributed by atoms with Crippen LogP contribution in [0.4, 0.5) is 24.5 Å². The van der Waals surface area contributed by atoms with Gasteiger partial charge >= 0.3 is 6.36 Å². The lowest BCUT2D eigenvalue weighted by molar-refractivity contribution is -0.274. The van der Waals surface area contributed by atoms with E-state index in [-0.39, 0.29) is 23.2 Å². The highest BCUT2D eigenvalue weighted by molar-refractivity contribution is 8.15. The molecular weight excluding hydrogens is 541 g/mol. The van der Waals surface area contributed by atoms with Crippen molar-refractivity contribution in [2.75, 3.05) is 5.75 Å². The fourth-order valence-corrected chi connectivity index (χ4v) is 4.63. The molecule has 1 amide bonds. The number of carbonyl (C=O) groups is 1. The Morgan fingerprint density at radius 2 is 1.68 bits per heavy atom. The maximum atomic E-state index is 12.5. The van der Waals surface area contributed by atoms with Crippen LogP contribution in [0.2, 0.25) is 0 Å². The van der Waals surface area contributed by atoms with Crippen molar-refractivity contribution in [2.24, 2.45) is 25.8 Å². The third kappa shape index (κ3) is 7.56. The van der Waals surface area contributed by atoms with Crippen molar-refractivity contribution in [3.63, 3.8) is 0 Å². The van der Waals surface area contributed by atoms with Crippen LogP contribution in [0.25, 0.3) is 0 Å². The minimum Gasteiger partial charge on any atom is -0.406 e. The number of ether oxygens (including phenoxy) is 1. The zero-order chi connectivity index (χ0) is 28.9. The summed E-state index contributed by atoms with van der Waals surface area (Å²) in [5.41, 5.74) is 11.8. The average molecular weight is 567 g/mol. The lowest BCUT2D eigenvalue weighted by Gasteiger charge is -2.12. The molecule has 4 rings (SSSR count). The number of thioether (sulfide) groups is 1. The summed E-state index contributed by atoms with van der Waals surface area (Å²) in [6, 6.07) is 16.2. The molecule has 1 fully saturated rings. The maximum absolute atomic E-state index is 12.5. The summed E-state index contributed by atoms with van der Waals surface area (Å²) in [4.78, 5) is 25.3. The number of aliphatic imine (C=N–C) groups is 3. The molecule has 12 heteroatoms. The highest BCUT2D eigenvalue weighted by atomic mass is 32.2. The first-order valence-corrected chi connectivity index (χ1v) is 13.0. The lowest BCUT2D eigenvalue weighted by Crippen LogP contribution is -2.23. The van der Waals surface area contributed by atoms with Crippen molar-refractivity contribution in [3.05, 3.63) is 88.5 Å². The molecule has 2 N–H and O–H groups in total. The number of alkyl halides is 3. The number of nitrogens with zero attached hydrogens (tertiary/aromatic N) is 5. The Hall–Kier alpha value is -4.45. The SMILES string of the molecule is Cc1cc(C)c(N=C2SCC(=O)N2/N=C/c2ccc(C(N)=NC=Nc3ccc(OC(F)(F)F)cc3)cc2)c(C)c1. The fraction of sp³-hybridized carbons (Fsp3) is 0.179. The monoisotopic (exact) mass is 566 g/mol. The van der Waals surface area contributed by atoms with Gasteiger partial charge in [0.25, 0.3) is 5.91 Å². The van der Waals surface area contributed by atoms with E-state index in [0.29, 0.717) is 16.4 Å². The number of nitrogens with two attached hydrogens (primary N) is 1. The zero-order valence-corrected chi connectivity index (χ0v) is 22.6. The third-order valence-corrected chi connectivity index (χ3v) is 6.50. The summed E-state index contributed by atoms with van der Waals surface area (Å²) in [6.07, 6.45) is -1.98. The molecule has 1 aliphatic heterocycles. The molecule has 0 saturated carbocycles. The Labute approximate surface area is 233 Å². The van der Waals surface area contributed by atoms with Crippen molar-refractivity contribution < 1.29 is 22.7 Å². The van der Waals surface area contributed by atoms with Crippen LogP contribution in [-0.2, 0) is 4.79 Å². The molecule has 0 radical (unpaired) electrons. The zero-order valence-electron chi connectivity index (χ0n) is 21.8. The van der Waals surface area contributed by atoms with Crippen LogP contribution >= 0.6 is 11.8 Å². The molecule has 3 aromatic carbocycles. The molecule has 0 aromatic heterocycles. The summed E-state index contributed by atoms with van der Waals surface area (Å²) in [7, 11) is 0. The molecule has 8 nitrogen and oxygen atoms in total. The van der Waals surface area contributed by atoms with E-state index in [2.05, 4.69) is 32.0 Å². The van der Waals surface area contributed by atoms with Crippen LogP contribution in [0.3, 0.4) is 0 Å². The summed E-state index contributed by atoms with van der Waals surface area (Å²) in [6.45, 7) is 6.01. The molecule has 1 saturated heterocycles. The van der Waals surface area contributed by atoms with Crippen molar-refractivity contribution in [1.82, 2.24) is 5.01 Å². The van der Waals surface area contributed by atoms with Crippen molar-refractivity contribution in [1.29, 1.82) is 0 Å². The second kappa shape index (κ2) is 12.2. The highest BCUT2D eigenvalue weighted by Crippen LogP contribution is 2.30. The number of hydrogen-bond acceptors (Lipinski definition) is 6. The molecule has 40 heavy (non-hydrogen) atoms. The van der Waals surface area contributed by atoms with Gasteiger partial charge in [-0.3, -0.25) is 4.79 Å². The van der Waals surface area contributed by atoms with E-state index in [4.69, 9.17) is 10.7 Å². The Morgan fingerprint density at radius 1 is 1.02 bits per heavy atom. The number of halogens is 3. The molecule has 3 aromatic rings. The predicted molar refractivity (Wildman–Crippen MR) is 153 cm³/mol. The first kappa shape index (κ1) is 28.6. The largest absolute Gasteiger partial charge is 0.573 e. The molecule has 1 heterocycles. The Kier molecular flexibility index (Phi) is 8.68. The fourth-order valence-electron chi connectivity index (χ4n) is 3.82. The number of benzene rings is 3. The first-order valence-electron chi connectivity index (χ1n) is 12.0. The van der Waals surface area contributed by atoms with Gasteiger partial charge in [0.1, 0.15) is 17.9 Å². The van der Waals surface area contributed by atoms with Crippen LogP contribution in [0.15, 0.2) is 80.7 Å². The van der Waals surface area contributed by atoms with E-state index >= 15 is 0 Å². The lowest BCUT2D eigenvalue weighted by atomic mass is 10.1. The minimum absolute atomic E-state index is 0.155. The molecule has 1 aliphatic rings. The summed E-state index contributed by atoms with van der Waals surface area (Å²) >= 11 is 1.34. The van der Waals surface area contributed by atoms with Crippen molar-refractivity contribution in [2.45, 2.75) is 27.1 Å². The maximum Gasteiger partial charge on any atom is 0.573 e. The highest BCUT2D eigenvalue weighted by Gasteiger charge is 2.31. The van der Waals surface area contributed by atoms with Crippen LogP contribution < -0.4 is 10.5 Å². The van der Waals surface area contributed by atoms with Crippen LogP contribution in [-0.4, -0.2) is 46.6 Å². The van der Waals surface area contributed by atoms with Gasteiger partial charge in [-0.2, -0.15) is 10.1 Å². The van der Waals surface area contributed by atoms with Gasteiger partial charge in [0.05, 0.1) is 23.3 Å². The van der Waals surface area contributed by atoms with Crippen molar-refractivity contribution in [3.8, 4) is 5.75 Å². The van der Waals surface area contributed by atoms with Crippen molar-refractivity contribution >= 4 is 52.6 Å². The number of amidine groups is 2. The molecule has 0 aliphatic carbocycles. The second-order valence-corrected chi connectivity index (χ2v) is 9.75. The molecule has 0 spiro atoms. The van der Waals surface area contributed by atoms with E-state index in [1.54, 1.807) is 30.5 Å². The summed E-state index contributed by atoms with van der Waals surface area (Å²) in [5.74, 6) is -0.0455. The minimum atomic E-state index is -4.76. The van der Waals surface area contributed by atoms with Crippen LogP contribution in [0.1, 0.15) is 27.8 Å². The van der Waals surface area contributed by atoms with Gasteiger partial charge in [0, 0.05) is 5.56 Å². The van der Waals surface area contributed by atoms with Gasteiger partial charge in [0.15, 0.2) is 5.17 Å². The normalized spacial score (nSPS) is 15.7. The smallest absolute Gasteiger partial charge is 0.406 e. The molecule has 0 atom stereocenters. The Balaban J connectivity index is 1.41. The van der Waals surface area contributed by atoms with E-state index in [0.717, 1.165) is 40.1 Å².